The highest BCUT2D eigenvalue weighted by molar-refractivity contribution is 7.12. The van der Waals surface area contributed by atoms with Crippen LogP contribution in [0.25, 0.3) is 0 Å². The van der Waals surface area contributed by atoms with E-state index in [-0.39, 0.29) is 23.8 Å². The molecule has 32 heavy (non-hydrogen) atoms. The summed E-state index contributed by atoms with van der Waals surface area (Å²) in [4.78, 5) is 39.7. The van der Waals surface area contributed by atoms with E-state index >= 15 is 0 Å². The summed E-state index contributed by atoms with van der Waals surface area (Å²) < 4.78 is 0. The lowest BCUT2D eigenvalue weighted by atomic mass is 10.1. The molecule has 2 aromatic carbocycles. The Morgan fingerprint density at radius 1 is 1.00 bits per heavy atom. The Balaban J connectivity index is 1.46. The van der Waals surface area contributed by atoms with Crippen LogP contribution < -0.4 is 16.4 Å². The molecule has 3 amide bonds. The Bertz CT molecular complexity index is 1130. The van der Waals surface area contributed by atoms with Gasteiger partial charge in [-0.05, 0) is 60.7 Å². The summed E-state index contributed by atoms with van der Waals surface area (Å²) in [5, 5.41) is 7.55. The first-order chi connectivity index (χ1) is 15.5. The minimum atomic E-state index is -0.319. The second-order valence-corrected chi connectivity index (χ2v) is 8.61. The maximum atomic E-state index is 13.0. The second-order valence-electron chi connectivity index (χ2n) is 7.66. The van der Waals surface area contributed by atoms with Crippen LogP contribution in [0.1, 0.15) is 38.4 Å². The van der Waals surface area contributed by atoms with Gasteiger partial charge in [0.15, 0.2) is 0 Å². The zero-order chi connectivity index (χ0) is 22.5. The van der Waals surface area contributed by atoms with Gasteiger partial charge in [0.25, 0.3) is 11.8 Å². The van der Waals surface area contributed by atoms with Crippen LogP contribution >= 0.6 is 11.3 Å². The number of hydrogen-bond acceptors (Lipinski definition) is 5. The maximum absolute atomic E-state index is 13.0. The van der Waals surface area contributed by atoms with E-state index in [1.165, 1.54) is 11.3 Å². The van der Waals surface area contributed by atoms with Crippen LogP contribution in [0, 0.1) is 0 Å². The number of benzene rings is 2. The topological polar surface area (TPSA) is 105 Å². The molecular weight excluding hydrogens is 424 g/mol. The molecule has 0 bridgehead atoms. The van der Waals surface area contributed by atoms with Crippen molar-refractivity contribution >= 4 is 40.4 Å². The molecule has 4 N–H and O–H groups in total. The number of primary amides is 1. The van der Waals surface area contributed by atoms with Crippen LogP contribution in [0.2, 0.25) is 0 Å². The fourth-order valence-corrected chi connectivity index (χ4v) is 4.52. The van der Waals surface area contributed by atoms with Gasteiger partial charge in [-0.15, -0.1) is 11.3 Å². The Labute approximate surface area is 190 Å². The van der Waals surface area contributed by atoms with Gasteiger partial charge < -0.3 is 16.4 Å². The SMILES string of the molecule is NC(=O)C1CCCN1Cc1cccc(NC(=O)c2ccccc2NC(=O)c2cccs2)c1. The van der Waals surface area contributed by atoms with E-state index in [0.29, 0.717) is 28.4 Å². The fourth-order valence-electron chi connectivity index (χ4n) is 3.90. The monoisotopic (exact) mass is 448 g/mol. The molecule has 1 aliphatic heterocycles. The standard InChI is InChI=1S/C24H24N4O3S/c25-22(29)20-10-4-12-28(20)15-16-6-3-7-17(14-16)26-23(30)18-8-1-2-9-19(18)27-24(31)21-11-5-13-32-21/h1-3,5-9,11,13-14,20H,4,10,12,15H2,(H2,25,29)(H,26,30)(H,27,31). The Morgan fingerprint density at radius 3 is 2.62 bits per heavy atom. The lowest BCUT2D eigenvalue weighted by molar-refractivity contribution is -0.122. The molecule has 1 fully saturated rings. The summed E-state index contributed by atoms with van der Waals surface area (Å²) in [6, 6.07) is 17.7. The van der Waals surface area contributed by atoms with Crippen LogP contribution in [0.4, 0.5) is 11.4 Å². The van der Waals surface area contributed by atoms with Crippen LogP contribution in [-0.4, -0.2) is 35.2 Å². The minimum absolute atomic E-state index is 0.243. The lowest BCUT2D eigenvalue weighted by Crippen LogP contribution is -2.39. The summed E-state index contributed by atoms with van der Waals surface area (Å²) in [5.74, 6) is -0.870. The van der Waals surface area contributed by atoms with Gasteiger partial charge in [-0.2, -0.15) is 0 Å². The second kappa shape index (κ2) is 9.76. The molecule has 0 radical (unpaired) electrons. The highest BCUT2D eigenvalue weighted by Crippen LogP contribution is 2.23. The van der Waals surface area contributed by atoms with Crippen molar-refractivity contribution in [1.29, 1.82) is 0 Å². The summed E-state index contributed by atoms with van der Waals surface area (Å²) in [6.45, 7) is 1.41. The first-order valence-corrected chi connectivity index (χ1v) is 11.3. The van der Waals surface area contributed by atoms with Gasteiger partial charge in [0.1, 0.15) is 0 Å². The molecule has 1 aliphatic rings. The van der Waals surface area contributed by atoms with Gasteiger partial charge in [-0.1, -0.05) is 30.3 Å². The van der Waals surface area contributed by atoms with Gasteiger partial charge in [-0.3, -0.25) is 19.3 Å². The number of carbonyl (C=O) groups is 3. The molecule has 1 unspecified atom stereocenters. The number of amides is 3. The number of nitrogens with zero attached hydrogens (tertiary/aromatic N) is 1. The van der Waals surface area contributed by atoms with Crippen molar-refractivity contribution in [2.24, 2.45) is 5.73 Å². The van der Waals surface area contributed by atoms with E-state index < -0.39 is 0 Å². The molecule has 2 heterocycles. The third kappa shape index (κ3) is 5.04. The molecule has 3 aromatic rings. The van der Waals surface area contributed by atoms with E-state index in [1.807, 2.05) is 29.6 Å². The Morgan fingerprint density at radius 2 is 1.84 bits per heavy atom. The van der Waals surface area contributed by atoms with Crippen molar-refractivity contribution < 1.29 is 14.4 Å². The maximum Gasteiger partial charge on any atom is 0.265 e. The van der Waals surface area contributed by atoms with Gasteiger partial charge in [0.05, 0.1) is 22.2 Å². The van der Waals surface area contributed by atoms with Crippen molar-refractivity contribution in [2.45, 2.75) is 25.4 Å². The minimum Gasteiger partial charge on any atom is -0.368 e. The zero-order valence-electron chi connectivity index (χ0n) is 17.4. The van der Waals surface area contributed by atoms with Crippen LogP contribution in [0.15, 0.2) is 66.0 Å². The van der Waals surface area contributed by atoms with Crippen LogP contribution in [0.3, 0.4) is 0 Å². The number of likely N-dealkylation sites (tertiary alicyclic amines) is 1. The van der Waals surface area contributed by atoms with E-state index in [1.54, 1.807) is 36.4 Å². The summed E-state index contributed by atoms with van der Waals surface area (Å²) in [5.41, 5.74) is 7.95. The van der Waals surface area contributed by atoms with E-state index in [0.717, 1.165) is 24.9 Å². The van der Waals surface area contributed by atoms with E-state index in [2.05, 4.69) is 15.5 Å². The van der Waals surface area contributed by atoms with Crippen molar-refractivity contribution in [2.75, 3.05) is 17.2 Å². The number of nitrogens with one attached hydrogen (secondary N) is 2. The summed E-state index contributed by atoms with van der Waals surface area (Å²) >= 11 is 1.34. The third-order valence-corrected chi connectivity index (χ3v) is 6.30. The quantitative estimate of drug-likeness (QED) is 0.513. The van der Waals surface area contributed by atoms with E-state index in [4.69, 9.17) is 5.73 Å². The van der Waals surface area contributed by atoms with Crippen LogP contribution in [-0.2, 0) is 11.3 Å². The third-order valence-electron chi connectivity index (χ3n) is 5.43. The van der Waals surface area contributed by atoms with Crippen molar-refractivity contribution in [3.05, 3.63) is 82.0 Å². The fraction of sp³-hybridized carbons (Fsp3) is 0.208. The number of rotatable bonds is 7. The first-order valence-electron chi connectivity index (χ1n) is 10.4. The highest BCUT2D eigenvalue weighted by atomic mass is 32.1. The van der Waals surface area contributed by atoms with Crippen molar-refractivity contribution in [3.8, 4) is 0 Å². The Kier molecular flexibility index (Phi) is 6.63. The van der Waals surface area contributed by atoms with Gasteiger partial charge in [-0.25, -0.2) is 0 Å². The van der Waals surface area contributed by atoms with Crippen molar-refractivity contribution in [1.82, 2.24) is 4.90 Å². The van der Waals surface area contributed by atoms with Crippen LogP contribution in [0.5, 0.6) is 0 Å². The normalized spacial score (nSPS) is 15.9. The van der Waals surface area contributed by atoms with Crippen molar-refractivity contribution in [3.63, 3.8) is 0 Å². The predicted molar refractivity (Wildman–Crippen MR) is 126 cm³/mol. The molecular formula is C24H24N4O3S. The molecule has 1 atom stereocenters. The van der Waals surface area contributed by atoms with Gasteiger partial charge in [0.2, 0.25) is 5.91 Å². The number of carbonyl (C=O) groups excluding carboxylic acids is 3. The number of nitrogens with two attached hydrogens (primary N) is 1. The van der Waals surface area contributed by atoms with E-state index in [9.17, 15) is 14.4 Å². The Hall–Kier alpha value is -3.49. The summed E-state index contributed by atoms with van der Waals surface area (Å²) in [7, 11) is 0. The smallest absolute Gasteiger partial charge is 0.265 e. The zero-order valence-corrected chi connectivity index (χ0v) is 18.2. The highest BCUT2D eigenvalue weighted by Gasteiger charge is 2.28. The molecule has 164 valence electrons. The number of para-hydroxylation sites is 1. The largest absolute Gasteiger partial charge is 0.368 e. The average Bonchev–Trinajstić information content (AvgIpc) is 3.47. The number of anilines is 2. The molecule has 1 saturated heterocycles. The molecule has 8 heteroatoms. The number of hydrogen-bond donors (Lipinski definition) is 3. The lowest BCUT2D eigenvalue weighted by Gasteiger charge is -2.22. The molecule has 0 saturated carbocycles. The molecule has 0 aliphatic carbocycles. The first kappa shape index (κ1) is 21.7. The van der Waals surface area contributed by atoms with Gasteiger partial charge >= 0.3 is 0 Å². The van der Waals surface area contributed by atoms with Gasteiger partial charge in [0, 0.05) is 12.2 Å². The molecule has 4 rings (SSSR count). The predicted octanol–water partition coefficient (Wildman–Crippen LogP) is 3.70. The molecule has 7 nitrogen and oxygen atoms in total. The molecule has 1 aromatic heterocycles. The average molecular weight is 449 g/mol. The summed E-state index contributed by atoms with van der Waals surface area (Å²) in [6.07, 6.45) is 1.72. The molecule has 0 spiro atoms. The number of thiophene rings is 1.